The Labute approximate surface area is 125 Å². The van der Waals surface area contributed by atoms with Crippen molar-refractivity contribution in [1.82, 2.24) is 0 Å². The maximum Gasteiger partial charge on any atom is 0.340 e. The minimum atomic E-state index is -0.679. The standard InChI is InChI=1S/C14H10Cl2FNO2/c15-11-5-4-9(18)6-10(11)14(19)20-7-8-2-1-3-12(16)13(8)17/h1-6H,7,18H2. The summed E-state index contributed by atoms with van der Waals surface area (Å²) >= 11 is 11.5. The van der Waals surface area contributed by atoms with E-state index in [0.717, 1.165) is 0 Å². The van der Waals surface area contributed by atoms with Gasteiger partial charge in [0.05, 0.1) is 15.6 Å². The first-order valence-electron chi connectivity index (χ1n) is 5.64. The molecule has 0 atom stereocenters. The van der Waals surface area contributed by atoms with E-state index in [2.05, 4.69) is 0 Å². The van der Waals surface area contributed by atoms with Crippen LogP contribution in [0.1, 0.15) is 15.9 Å². The van der Waals surface area contributed by atoms with Crippen molar-refractivity contribution in [1.29, 1.82) is 0 Å². The van der Waals surface area contributed by atoms with Crippen LogP contribution in [0, 0.1) is 5.82 Å². The van der Waals surface area contributed by atoms with Crippen molar-refractivity contribution in [3.05, 3.63) is 63.4 Å². The molecule has 0 spiro atoms. The molecular weight excluding hydrogens is 304 g/mol. The van der Waals surface area contributed by atoms with Gasteiger partial charge in [-0.3, -0.25) is 0 Å². The molecule has 0 fully saturated rings. The quantitative estimate of drug-likeness (QED) is 0.686. The minimum Gasteiger partial charge on any atom is -0.457 e. The smallest absolute Gasteiger partial charge is 0.340 e. The number of carbonyl (C=O) groups is 1. The van der Waals surface area contributed by atoms with Crippen molar-refractivity contribution >= 4 is 34.9 Å². The van der Waals surface area contributed by atoms with E-state index in [1.54, 1.807) is 12.1 Å². The predicted octanol–water partition coefficient (Wildman–Crippen LogP) is 4.07. The Bertz CT molecular complexity index is 662. The molecule has 0 amide bonds. The van der Waals surface area contributed by atoms with E-state index < -0.39 is 11.8 Å². The summed E-state index contributed by atoms with van der Waals surface area (Å²) in [6.07, 6.45) is 0. The number of hydrogen-bond donors (Lipinski definition) is 1. The second-order valence-electron chi connectivity index (χ2n) is 4.03. The lowest BCUT2D eigenvalue weighted by Gasteiger charge is -2.08. The molecule has 0 radical (unpaired) electrons. The molecule has 0 aliphatic heterocycles. The first kappa shape index (κ1) is 14.6. The van der Waals surface area contributed by atoms with Crippen molar-refractivity contribution in [2.75, 3.05) is 5.73 Å². The molecule has 3 nitrogen and oxygen atoms in total. The second-order valence-corrected chi connectivity index (χ2v) is 4.84. The SMILES string of the molecule is Nc1ccc(Cl)c(C(=O)OCc2cccc(Cl)c2F)c1. The highest BCUT2D eigenvalue weighted by Gasteiger charge is 2.14. The number of carbonyl (C=O) groups excluding carboxylic acids is 1. The van der Waals surface area contributed by atoms with Crippen molar-refractivity contribution in [2.45, 2.75) is 6.61 Å². The van der Waals surface area contributed by atoms with Gasteiger partial charge in [0.1, 0.15) is 12.4 Å². The molecule has 2 aromatic carbocycles. The second kappa shape index (κ2) is 6.11. The van der Waals surface area contributed by atoms with Gasteiger partial charge in [0.2, 0.25) is 0 Å². The third kappa shape index (κ3) is 3.21. The van der Waals surface area contributed by atoms with Gasteiger partial charge in [-0.1, -0.05) is 35.3 Å². The van der Waals surface area contributed by atoms with E-state index in [1.807, 2.05) is 0 Å². The van der Waals surface area contributed by atoms with E-state index in [4.69, 9.17) is 33.7 Å². The summed E-state index contributed by atoms with van der Waals surface area (Å²) in [5.74, 6) is -1.29. The monoisotopic (exact) mass is 313 g/mol. The Kier molecular flexibility index (Phi) is 4.47. The van der Waals surface area contributed by atoms with Crippen LogP contribution < -0.4 is 5.73 Å². The fraction of sp³-hybridized carbons (Fsp3) is 0.0714. The maximum atomic E-state index is 13.6. The number of hydrogen-bond acceptors (Lipinski definition) is 3. The number of nitrogens with two attached hydrogens (primary N) is 1. The lowest BCUT2D eigenvalue weighted by Crippen LogP contribution is -2.07. The number of halogens is 3. The van der Waals surface area contributed by atoms with Gasteiger partial charge < -0.3 is 10.5 Å². The van der Waals surface area contributed by atoms with Gasteiger partial charge in [-0.25, -0.2) is 9.18 Å². The highest BCUT2D eigenvalue weighted by Crippen LogP contribution is 2.22. The Morgan fingerprint density at radius 2 is 1.95 bits per heavy atom. The zero-order chi connectivity index (χ0) is 14.7. The molecule has 0 aromatic heterocycles. The fourth-order valence-electron chi connectivity index (χ4n) is 1.58. The van der Waals surface area contributed by atoms with Crippen LogP contribution in [0.2, 0.25) is 10.0 Å². The fourth-order valence-corrected chi connectivity index (χ4v) is 1.97. The molecule has 0 saturated carbocycles. The molecule has 0 saturated heterocycles. The Morgan fingerprint density at radius 3 is 2.70 bits per heavy atom. The van der Waals surface area contributed by atoms with Crippen LogP contribution >= 0.6 is 23.2 Å². The number of esters is 1. The van der Waals surface area contributed by atoms with Crippen LogP contribution in [0.15, 0.2) is 36.4 Å². The maximum absolute atomic E-state index is 13.6. The minimum absolute atomic E-state index is 0.0273. The topological polar surface area (TPSA) is 52.3 Å². The number of benzene rings is 2. The first-order valence-corrected chi connectivity index (χ1v) is 6.39. The van der Waals surface area contributed by atoms with Gasteiger partial charge in [0, 0.05) is 11.3 Å². The Balaban J connectivity index is 2.13. The van der Waals surface area contributed by atoms with Crippen molar-refractivity contribution in [3.8, 4) is 0 Å². The number of rotatable bonds is 3. The zero-order valence-corrected chi connectivity index (χ0v) is 11.7. The van der Waals surface area contributed by atoms with Crippen LogP contribution in [-0.2, 0) is 11.3 Å². The normalized spacial score (nSPS) is 10.3. The third-order valence-corrected chi connectivity index (χ3v) is 3.22. The highest BCUT2D eigenvalue weighted by molar-refractivity contribution is 6.33. The van der Waals surface area contributed by atoms with Gasteiger partial charge in [-0.05, 0) is 24.3 Å². The molecule has 0 aliphatic rings. The third-order valence-electron chi connectivity index (χ3n) is 2.60. The van der Waals surface area contributed by atoms with Gasteiger partial charge in [0.15, 0.2) is 0 Å². The molecule has 0 aliphatic carbocycles. The van der Waals surface area contributed by atoms with Gasteiger partial charge in [0.25, 0.3) is 0 Å². The lowest BCUT2D eigenvalue weighted by atomic mass is 10.2. The summed E-state index contributed by atoms with van der Waals surface area (Å²) in [6, 6.07) is 8.93. The van der Waals surface area contributed by atoms with E-state index in [0.29, 0.717) is 5.69 Å². The van der Waals surface area contributed by atoms with Crippen LogP contribution in [0.3, 0.4) is 0 Å². The highest BCUT2D eigenvalue weighted by atomic mass is 35.5. The zero-order valence-electron chi connectivity index (χ0n) is 10.2. The Hall–Kier alpha value is -1.78. The van der Waals surface area contributed by atoms with E-state index >= 15 is 0 Å². The van der Waals surface area contributed by atoms with E-state index in [-0.39, 0.29) is 27.8 Å². The summed E-state index contributed by atoms with van der Waals surface area (Å²) in [6.45, 7) is -0.240. The number of nitrogen functional groups attached to an aromatic ring is 1. The van der Waals surface area contributed by atoms with Gasteiger partial charge in [-0.2, -0.15) is 0 Å². The molecule has 0 unspecified atom stereocenters. The van der Waals surface area contributed by atoms with Crippen LogP contribution in [-0.4, -0.2) is 5.97 Å². The summed E-state index contributed by atoms with van der Waals surface area (Å²) < 4.78 is 18.6. The van der Waals surface area contributed by atoms with E-state index in [1.165, 1.54) is 24.3 Å². The number of anilines is 1. The van der Waals surface area contributed by atoms with Crippen LogP contribution in [0.25, 0.3) is 0 Å². The van der Waals surface area contributed by atoms with Crippen LogP contribution in [0.4, 0.5) is 10.1 Å². The predicted molar refractivity (Wildman–Crippen MR) is 76.4 cm³/mol. The Morgan fingerprint density at radius 1 is 1.20 bits per heavy atom. The molecular formula is C14H10Cl2FNO2. The first-order chi connectivity index (χ1) is 9.49. The molecule has 2 N–H and O–H groups in total. The molecule has 2 rings (SSSR count). The lowest BCUT2D eigenvalue weighted by molar-refractivity contribution is 0.0469. The van der Waals surface area contributed by atoms with Gasteiger partial charge >= 0.3 is 5.97 Å². The van der Waals surface area contributed by atoms with Crippen LogP contribution in [0.5, 0.6) is 0 Å². The average Bonchev–Trinajstić information content (AvgIpc) is 2.43. The molecule has 0 heterocycles. The molecule has 6 heteroatoms. The summed E-state index contributed by atoms with van der Waals surface area (Å²) in [5, 5.41) is 0.191. The molecule has 104 valence electrons. The summed E-state index contributed by atoms with van der Waals surface area (Å²) in [5.41, 5.74) is 6.28. The molecule has 0 bridgehead atoms. The van der Waals surface area contributed by atoms with Gasteiger partial charge in [-0.15, -0.1) is 0 Å². The number of ether oxygens (including phenoxy) is 1. The average molecular weight is 314 g/mol. The van der Waals surface area contributed by atoms with Crippen molar-refractivity contribution in [3.63, 3.8) is 0 Å². The summed E-state index contributed by atoms with van der Waals surface area (Å²) in [4.78, 5) is 11.9. The summed E-state index contributed by atoms with van der Waals surface area (Å²) in [7, 11) is 0. The van der Waals surface area contributed by atoms with Crippen molar-refractivity contribution in [2.24, 2.45) is 0 Å². The molecule has 2 aromatic rings. The molecule has 20 heavy (non-hydrogen) atoms. The largest absolute Gasteiger partial charge is 0.457 e. The van der Waals surface area contributed by atoms with E-state index in [9.17, 15) is 9.18 Å². The van der Waals surface area contributed by atoms with Crippen molar-refractivity contribution < 1.29 is 13.9 Å².